The maximum absolute atomic E-state index is 12.2. The first-order chi connectivity index (χ1) is 8.62. The minimum absolute atomic E-state index is 0.0291. The Morgan fingerprint density at radius 2 is 2.17 bits per heavy atom. The number of hydrogen-bond donors (Lipinski definition) is 2. The lowest BCUT2D eigenvalue weighted by Gasteiger charge is -2.33. The van der Waals surface area contributed by atoms with E-state index in [0.29, 0.717) is 0 Å². The van der Waals surface area contributed by atoms with Gasteiger partial charge >= 0.3 is 0 Å². The van der Waals surface area contributed by atoms with E-state index in [-0.39, 0.29) is 11.9 Å². The molecule has 4 heteroatoms. The summed E-state index contributed by atoms with van der Waals surface area (Å²) in [4.78, 5) is 16.3. The van der Waals surface area contributed by atoms with E-state index in [4.69, 9.17) is 5.73 Å². The topological polar surface area (TPSA) is 68.0 Å². The number of nitrogens with two attached hydrogens (primary N) is 1. The Bertz CT molecular complexity index is 399. The van der Waals surface area contributed by atoms with Gasteiger partial charge in [0, 0.05) is 12.4 Å². The number of hydrogen-bond acceptors (Lipinski definition) is 3. The first kappa shape index (κ1) is 13.0. The summed E-state index contributed by atoms with van der Waals surface area (Å²) in [5.41, 5.74) is 6.53. The van der Waals surface area contributed by atoms with Gasteiger partial charge in [-0.3, -0.25) is 9.78 Å². The molecule has 0 spiro atoms. The molecule has 1 atom stereocenters. The Morgan fingerprint density at radius 3 is 2.78 bits per heavy atom. The van der Waals surface area contributed by atoms with Gasteiger partial charge in [0.05, 0.1) is 11.6 Å². The van der Waals surface area contributed by atoms with Gasteiger partial charge in [-0.1, -0.05) is 25.3 Å². The predicted octanol–water partition coefficient (Wildman–Crippen LogP) is 1.92. The number of pyridine rings is 1. The van der Waals surface area contributed by atoms with Gasteiger partial charge < -0.3 is 11.1 Å². The summed E-state index contributed by atoms with van der Waals surface area (Å²) in [5.74, 6) is -0.0291. The lowest BCUT2D eigenvalue weighted by Crippen LogP contribution is -2.55. The first-order valence-corrected chi connectivity index (χ1v) is 6.62. The molecule has 98 valence electrons. The maximum atomic E-state index is 12.2. The van der Waals surface area contributed by atoms with Gasteiger partial charge in [-0.25, -0.2) is 0 Å². The molecule has 1 fully saturated rings. The molecule has 1 aromatic heterocycles. The molecule has 2 rings (SSSR count). The van der Waals surface area contributed by atoms with Crippen LogP contribution in [-0.4, -0.2) is 16.4 Å². The van der Waals surface area contributed by atoms with Crippen LogP contribution in [0.5, 0.6) is 0 Å². The highest BCUT2D eigenvalue weighted by atomic mass is 16.2. The molecule has 3 N–H and O–H groups in total. The number of carbonyl (C=O) groups is 1. The van der Waals surface area contributed by atoms with E-state index in [1.54, 1.807) is 12.4 Å². The molecule has 4 nitrogen and oxygen atoms in total. The summed E-state index contributed by atoms with van der Waals surface area (Å²) < 4.78 is 0. The SMILES string of the molecule is C[C@@H](NC(=O)C1(N)CCCCC1)c1cccnc1. The van der Waals surface area contributed by atoms with Crippen molar-refractivity contribution in [3.8, 4) is 0 Å². The van der Waals surface area contributed by atoms with Gasteiger partial charge in [-0.05, 0) is 31.4 Å². The minimum atomic E-state index is -0.672. The molecule has 0 bridgehead atoms. The molecule has 1 aliphatic rings. The number of nitrogens with one attached hydrogen (secondary N) is 1. The second-order valence-corrected chi connectivity index (χ2v) is 5.20. The molecule has 1 heterocycles. The van der Waals surface area contributed by atoms with Crippen LogP contribution in [-0.2, 0) is 4.79 Å². The summed E-state index contributed by atoms with van der Waals surface area (Å²) in [5, 5.41) is 3.00. The zero-order chi connectivity index (χ0) is 13.0. The van der Waals surface area contributed by atoms with E-state index < -0.39 is 5.54 Å². The van der Waals surface area contributed by atoms with E-state index in [2.05, 4.69) is 10.3 Å². The van der Waals surface area contributed by atoms with Crippen LogP contribution < -0.4 is 11.1 Å². The van der Waals surface area contributed by atoms with Crippen LogP contribution in [0.4, 0.5) is 0 Å². The van der Waals surface area contributed by atoms with Crippen molar-refractivity contribution in [3.05, 3.63) is 30.1 Å². The summed E-state index contributed by atoms with van der Waals surface area (Å²) in [6.45, 7) is 1.96. The second-order valence-electron chi connectivity index (χ2n) is 5.20. The van der Waals surface area contributed by atoms with Crippen LogP contribution in [0.3, 0.4) is 0 Å². The van der Waals surface area contributed by atoms with Gasteiger partial charge in [-0.2, -0.15) is 0 Å². The van der Waals surface area contributed by atoms with Crippen molar-refractivity contribution in [2.24, 2.45) is 5.73 Å². The van der Waals surface area contributed by atoms with Gasteiger partial charge in [0.1, 0.15) is 0 Å². The lowest BCUT2D eigenvalue weighted by atomic mass is 9.81. The number of aromatic nitrogens is 1. The molecule has 1 aromatic rings. The van der Waals surface area contributed by atoms with Crippen LogP contribution in [0, 0.1) is 0 Å². The molecule has 0 aromatic carbocycles. The van der Waals surface area contributed by atoms with Crippen LogP contribution in [0.2, 0.25) is 0 Å². The van der Waals surface area contributed by atoms with Gasteiger partial charge in [-0.15, -0.1) is 0 Å². The zero-order valence-electron chi connectivity index (χ0n) is 10.9. The van der Waals surface area contributed by atoms with Crippen molar-refractivity contribution >= 4 is 5.91 Å². The van der Waals surface area contributed by atoms with E-state index >= 15 is 0 Å². The third-order valence-corrected chi connectivity index (χ3v) is 3.73. The Balaban J connectivity index is 1.98. The summed E-state index contributed by atoms with van der Waals surface area (Å²) >= 11 is 0. The van der Waals surface area contributed by atoms with Gasteiger partial charge in [0.2, 0.25) is 5.91 Å². The Morgan fingerprint density at radius 1 is 1.44 bits per heavy atom. The standard InChI is InChI=1S/C14H21N3O/c1-11(12-6-5-9-16-10-12)17-13(18)14(15)7-3-2-4-8-14/h5-6,9-11H,2-4,7-8,15H2,1H3,(H,17,18)/t11-/m1/s1. The normalized spacial score (nSPS) is 20.1. The highest BCUT2D eigenvalue weighted by Crippen LogP contribution is 2.26. The fourth-order valence-corrected chi connectivity index (χ4v) is 2.47. The third-order valence-electron chi connectivity index (χ3n) is 3.73. The number of nitrogens with zero attached hydrogens (tertiary/aromatic N) is 1. The molecule has 1 aliphatic carbocycles. The Labute approximate surface area is 108 Å². The number of amides is 1. The van der Waals surface area contributed by atoms with Gasteiger partial charge in [0.25, 0.3) is 0 Å². The average Bonchev–Trinajstić information content (AvgIpc) is 2.40. The molecule has 0 radical (unpaired) electrons. The van der Waals surface area contributed by atoms with Crippen LogP contribution in [0.1, 0.15) is 50.6 Å². The second kappa shape index (κ2) is 5.48. The van der Waals surface area contributed by atoms with E-state index in [9.17, 15) is 4.79 Å². The molecule has 1 saturated carbocycles. The average molecular weight is 247 g/mol. The van der Waals surface area contributed by atoms with Gasteiger partial charge in [0.15, 0.2) is 0 Å². The lowest BCUT2D eigenvalue weighted by molar-refractivity contribution is -0.128. The minimum Gasteiger partial charge on any atom is -0.348 e. The maximum Gasteiger partial charge on any atom is 0.240 e. The van der Waals surface area contributed by atoms with Crippen LogP contribution in [0.25, 0.3) is 0 Å². The van der Waals surface area contributed by atoms with Crippen molar-refractivity contribution in [2.75, 3.05) is 0 Å². The largest absolute Gasteiger partial charge is 0.348 e. The molecular formula is C14H21N3O. The van der Waals surface area contributed by atoms with Crippen LogP contribution in [0.15, 0.2) is 24.5 Å². The summed E-state index contributed by atoms with van der Waals surface area (Å²) in [6, 6.07) is 3.78. The first-order valence-electron chi connectivity index (χ1n) is 6.62. The van der Waals surface area contributed by atoms with Crippen molar-refractivity contribution in [3.63, 3.8) is 0 Å². The van der Waals surface area contributed by atoms with E-state index in [0.717, 1.165) is 31.2 Å². The zero-order valence-corrected chi connectivity index (χ0v) is 10.9. The number of carbonyl (C=O) groups excluding carboxylic acids is 1. The third kappa shape index (κ3) is 2.88. The van der Waals surface area contributed by atoms with Crippen molar-refractivity contribution < 1.29 is 4.79 Å². The molecule has 0 aliphatic heterocycles. The monoisotopic (exact) mass is 247 g/mol. The van der Waals surface area contributed by atoms with Crippen molar-refractivity contribution in [1.29, 1.82) is 0 Å². The van der Waals surface area contributed by atoms with Crippen molar-refractivity contribution in [2.45, 2.75) is 50.6 Å². The molecule has 1 amide bonds. The Kier molecular flexibility index (Phi) is 3.97. The molecular weight excluding hydrogens is 226 g/mol. The highest BCUT2D eigenvalue weighted by Gasteiger charge is 2.35. The quantitative estimate of drug-likeness (QED) is 0.857. The molecule has 18 heavy (non-hydrogen) atoms. The summed E-state index contributed by atoms with van der Waals surface area (Å²) in [6.07, 6.45) is 8.36. The van der Waals surface area contributed by atoms with E-state index in [1.165, 1.54) is 6.42 Å². The molecule has 0 unspecified atom stereocenters. The van der Waals surface area contributed by atoms with Crippen molar-refractivity contribution in [1.82, 2.24) is 10.3 Å². The summed E-state index contributed by atoms with van der Waals surface area (Å²) in [7, 11) is 0. The smallest absolute Gasteiger partial charge is 0.240 e. The number of rotatable bonds is 3. The fourth-order valence-electron chi connectivity index (χ4n) is 2.47. The van der Waals surface area contributed by atoms with E-state index in [1.807, 2.05) is 19.1 Å². The Hall–Kier alpha value is -1.42. The fraction of sp³-hybridized carbons (Fsp3) is 0.571. The van der Waals surface area contributed by atoms with Crippen LogP contribution >= 0.6 is 0 Å². The predicted molar refractivity (Wildman–Crippen MR) is 70.8 cm³/mol. The molecule has 0 saturated heterocycles. The highest BCUT2D eigenvalue weighted by molar-refractivity contribution is 5.86.